The number of guanidine groups is 1. The number of phenolic OH excluding ortho intramolecular Hbond substituents is 1. The van der Waals surface area contributed by atoms with Gasteiger partial charge in [0.25, 0.3) is 0 Å². The largest absolute Gasteiger partial charge is 0.508 e. The van der Waals surface area contributed by atoms with E-state index in [0.717, 1.165) is 16.5 Å². The van der Waals surface area contributed by atoms with E-state index in [0.29, 0.717) is 24.8 Å². The first kappa shape index (κ1) is 32.8. The molecule has 0 aliphatic carbocycles. The summed E-state index contributed by atoms with van der Waals surface area (Å²) in [5.74, 6) is -2.88. The zero-order valence-electron chi connectivity index (χ0n) is 24.8. The van der Waals surface area contributed by atoms with Crippen molar-refractivity contribution in [2.24, 2.45) is 22.2 Å². The zero-order chi connectivity index (χ0) is 32.5. The average Bonchev–Trinajstić information content (AvgIpc) is 3.67. The minimum absolute atomic E-state index is 0.0784. The van der Waals surface area contributed by atoms with E-state index in [1.165, 1.54) is 17.0 Å². The van der Waals surface area contributed by atoms with Crippen LogP contribution >= 0.6 is 0 Å². The highest BCUT2D eigenvalue weighted by atomic mass is 16.4. The standard InChI is InChI=1S/C31H40N8O6/c32-22(15-18-9-11-20(40)12-10-18)27(41)37-24(7-3-13-35-31(33)34)28(42)38-25(29(43)39-14-4-8-26(39)30(44)45)16-19-17-36-23-6-2-1-5-21(19)23/h1-2,5-6,9-12,17,22,24-26,36,40H,3-4,7-8,13-16,32H2,(H,37,41)(H,38,42)(H,44,45)(H4,33,34,35). The van der Waals surface area contributed by atoms with Gasteiger partial charge in [0.2, 0.25) is 17.7 Å². The molecule has 1 fully saturated rings. The number of aromatic amines is 1. The van der Waals surface area contributed by atoms with Gasteiger partial charge in [-0.25, -0.2) is 4.79 Å². The highest BCUT2D eigenvalue weighted by Gasteiger charge is 2.38. The Bertz CT molecular complexity index is 1530. The topological polar surface area (TPSA) is 242 Å². The number of carboxylic acids is 1. The van der Waals surface area contributed by atoms with Crippen molar-refractivity contribution in [1.29, 1.82) is 0 Å². The summed E-state index contributed by atoms with van der Waals surface area (Å²) in [6.45, 7) is 0.453. The number of aliphatic carboxylic acids is 1. The van der Waals surface area contributed by atoms with Crippen LogP contribution in [0.5, 0.6) is 5.75 Å². The number of phenols is 1. The van der Waals surface area contributed by atoms with Gasteiger partial charge in [-0.3, -0.25) is 19.4 Å². The molecule has 2 heterocycles. The number of hydrogen-bond donors (Lipinski definition) is 8. The minimum atomic E-state index is -1.11. The molecule has 0 spiro atoms. The van der Waals surface area contributed by atoms with Gasteiger partial charge in [0.05, 0.1) is 6.04 Å². The van der Waals surface area contributed by atoms with Gasteiger partial charge in [-0.2, -0.15) is 0 Å². The summed E-state index contributed by atoms with van der Waals surface area (Å²) in [4.78, 5) is 61.1. The molecule has 1 aliphatic rings. The molecule has 2 aromatic carbocycles. The molecule has 3 aromatic rings. The molecule has 11 N–H and O–H groups in total. The molecule has 3 amide bonds. The summed E-state index contributed by atoms with van der Waals surface area (Å²) in [5, 5.41) is 25.6. The van der Waals surface area contributed by atoms with Gasteiger partial charge >= 0.3 is 5.97 Å². The number of aliphatic imine (C=N–C) groups is 1. The number of nitrogens with zero attached hydrogens (tertiary/aromatic N) is 2. The first-order valence-corrected chi connectivity index (χ1v) is 14.8. The Labute approximate surface area is 260 Å². The average molecular weight is 621 g/mol. The summed E-state index contributed by atoms with van der Waals surface area (Å²) in [6, 6.07) is 9.57. The quantitative estimate of drug-likeness (QED) is 0.0690. The normalized spacial score (nSPS) is 16.5. The van der Waals surface area contributed by atoms with Gasteiger partial charge in [-0.15, -0.1) is 0 Å². The third-order valence-electron chi connectivity index (χ3n) is 7.84. The van der Waals surface area contributed by atoms with Crippen molar-refractivity contribution < 1.29 is 29.4 Å². The predicted molar refractivity (Wildman–Crippen MR) is 168 cm³/mol. The van der Waals surface area contributed by atoms with Gasteiger partial charge in [0.15, 0.2) is 5.96 Å². The van der Waals surface area contributed by atoms with E-state index < -0.39 is 47.9 Å². The molecule has 1 saturated heterocycles. The number of nitrogens with one attached hydrogen (secondary N) is 3. The second-order valence-corrected chi connectivity index (χ2v) is 11.1. The Hall–Kier alpha value is -5.11. The maximum atomic E-state index is 13.8. The van der Waals surface area contributed by atoms with E-state index in [9.17, 15) is 29.4 Å². The van der Waals surface area contributed by atoms with E-state index in [-0.39, 0.29) is 44.1 Å². The fourth-order valence-corrected chi connectivity index (χ4v) is 5.51. The number of carbonyl (C=O) groups excluding carboxylic acids is 3. The summed E-state index contributed by atoms with van der Waals surface area (Å²) in [6.07, 6.45) is 3.31. The summed E-state index contributed by atoms with van der Waals surface area (Å²) < 4.78 is 0. The molecule has 4 unspecified atom stereocenters. The fourth-order valence-electron chi connectivity index (χ4n) is 5.51. The monoisotopic (exact) mass is 620 g/mol. The van der Waals surface area contributed by atoms with Gasteiger partial charge in [-0.05, 0) is 61.4 Å². The number of likely N-dealkylation sites (tertiary alicyclic amines) is 1. The molecule has 14 heteroatoms. The summed E-state index contributed by atoms with van der Waals surface area (Å²) in [5.41, 5.74) is 19.4. The van der Waals surface area contributed by atoms with Gasteiger partial charge in [0.1, 0.15) is 23.9 Å². The van der Waals surface area contributed by atoms with Crippen molar-refractivity contribution in [3.63, 3.8) is 0 Å². The van der Waals surface area contributed by atoms with E-state index in [4.69, 9.17) is 17.2 Å². The number of rotatable bonds is 14. The lowest BCUT2D eigenvalue weighted by molar-refractivity contribution is -0.149. The molecule has 0 saturated carbocycles. The van der Waals surface area contributed by atoms with Crippen molar-refractivity contribution in [2.75, 3.05) is 13.1 Å². The molecule has 240 valence electrons. The number of carboxylic acid groups (broad SMARTS) is 1. The summed E-state index contributed by atoms with van der Waals surface area (Å²) in [7, 11) is 0. The first-order chi connectivity index (χ1) is 21.5. The van der Waals surface area contributed by atoms with Crippen LogP contribution in [0, 0.1) is 0 Å². The molecular formula is C31H40N8O6. The third-order valence-corrected chi connectivity index (χ3v) is 7.84. The van der Waals surface area contributed by atoms with Gasteiger partial charge < -0.3 is 47.9 Å². The Morgan fingerprint density at radius 3 is 2.42 bits per heavy atom. The Kier molecular flexibility index (Phi) is 11.0. The van der Waals surface area contributed by atoms with E-state index in [1.54, 1.807) is 18.3 Å². The van der Waals surface area contributed by atoms with Crippen molar-refractivity contribution in [1.82, 2.24) is 20.5 Å². The molecule has 0 radical (unpaired) electrons. The Morgan fingerprint density at radius 1 is 1.00 bits per heavy atom. The number of para-hydroxylation sites is 1. The second-order valence-electron chi connectivity index (χ2n) is 11.1. The lowest BCUT2D eigenvalue weighted by atomic mass is 10.0. The van der Waals surface area contributed by atoms with Gasteiger partial charge in [-0.1, -0.05) is 30.3 Å². The number of carbonyl (C=O) groups is 4. The highest BCUT2D eigenvalue weighted by molar-refractivity contribution is 5.95. The van der Waals surface area contributed by atoms with E-state index in [1.807, 2.05) is 24.3 Å². The lowest BCUT2D eigenvalue weighted by Crippen LogP contribution is -2.57. The number of fused-ring (bicyclic) bond motifs is 1. The molecule has 4 rings (SSSR count). The molecule has 1 aliphatic heterocycles. The SMILES string of the molecule is NC(N)=NCCCC(NC(=O)C(N)Cc1ccc(O)cc1)C(=O)NC(Cc1c[nH]c2ccccc12)C(=O)N1CCCC1C(=O)O. The van der Waals surface area contributed by atoms with Crippen LogP contribution in [0.1, 0.15) is 36.8 Å². The number of H-pyrrole nitrogens is 1. The maximum Gasteiger partial charge on any atom is 0.326 e. The maximum absolute atomic E-state index is 13.8. The van der Waals surface area contributed by atoms with Crippen molar-refractivity contribution >= 4 is 40.6 Å². The summed E-state index contributed by atoms with van der Waals surface area (Å²) >= 11 is 0. The van der Waals surface area contributed by atoms with Crippen LogP contribution in [-0.2, 0) is 32.0 Å². The highest BCUT2D eigenvalue weighted by Crippen LogP contribution is 2.23. The predicted octanol–water partition coefficient (Wildman–Crippen LogP) is 0.0848. The fraction of sp³-hybridized carbons (Fsp3) is 0.387. The number of aromatic nitrogens is 1. The lowest BCUT2D eigenvalue weighted by Gasteiger charge is -2.29. The Morgan fingerprint density at radius 2 is 1.71 bits per heavy atom. The Balaban J connectivity index is 1.55. The van der Waals surface area contributed by atoms with Gasteiger partial charge in [0, 0.05) is 36.6 Å². The number of amides is 3. The first-order valence-electron chi connectivity index (χ1n) is 14.8. The van der Waals surface area contributed by atoms with Crippen LogP contribution in [0.15, 0.2) is 59.7 Å². The second kappa shape index (κ2) is 15.1. The number of benzene rings is 2. The van der Waals surface area contributed by atoms with Crippen LogP contribution in [0.4, 0.5) is 0 Å². The zero-order valence-corrected chi connectivity index (χ0v) is 24.8. The molecule has 0 bridgehead atoms. The van der Waals surface area contributed by atoms with Crippen LogP contribution in [-0.4, -0.2) is 87.0 Å². The van der Waals surface area contributed by atoms with E-state index >= 15 is 0 Å². The smallest absolute Gasteiger partial charge is 0.326 e. The van der Waals surface area contributed by atoms with Crippen LogP contribution in [0.25, 0.3) is 10.9 Å². The number of nitrogens with two attached hydrogens (primary N) is 3. The third kappa shape index (κ3) is 8.72. The van der Waals surface area contributed by atoms with Crippen molar-refractivity contribution in [2.45, 2.75) is 62.7 Å². The minimum Gasteiger partial charge on any atom is -0.508 e. The van der Waals surface area contributed by atoms with Crippen molar-refractivity contribution in [3.05, 3.63) is 65.9 Å². The molecule has 14 nitrogen and oxygen atoms in total. The molecule has 1 aromatic heterocycles. The van der Waals surface area contributed by atoms with Crippen LogP contribution in [0.3, 0.4) is 0 Å². The van der Waals surface area contributed by atoms with Crippen LogP contribution in [0.2, 0.25) is 0 Å². The molecule has 4 atom stereocenters. The van der Waals surface area contributed by atoms with Crippen molar-refractivity contribution in [3.8, 4) is 5.75 Å². The van der Waals surface area contributed by atoms with E-state index in [2.05, 4.69) is 20.6 Å². The molecular weight excluding hydrogens is 580 g/mol. The number of aromatic hydroxyl groups is 1. The molecule has 45 heavy (non-hydrogen) atoms. The number of hydrogen-bond acceptors (Lipinski definition) is 7. The van der Waals surface area contributed by atoms with Crippen LogP contribution < -0.4 is 27.8 Å².